The van der Waals surface area contributed by atoms with E-state index < -0.39 is 46.1 Å². The van der Waals surface area contributed by atoms with E-state index in [0.717, 1.165) is 0 Å². The fraction of sp³-hybridized carbons (Fsp3) is 0.864. The van der Waals surface area contributed by atoms with Gasteiger partial charge in [0.05, 0.1) is 24.4 Å². The lowest BCUT2D eigenvalue weighted by Crippen LogP contribution is -2.77. The zero-order chi connectivity index (χ0) is 21.0. The summed E-state index contributed by atoms with van der Waals surface area (Å²) < 4.78 is 5.65. The maximum atomic E-state index is 13.8. The van der Waals surface area contributed by atoms with Crippen LogP contribution in [0.25, 0.3) is 0 Å². The number of carbonyl (C=O) groups excluding carboxylic acids is 1. The number of carbonyl (C=O) groups is 1. The molecule has 0 aromatic heterocycles. The van der Waals surface area contributed by atoms with Crippen molar-refractivity contribution in [1.82, 2.24) is 0 Å². The van der Waals surface area contributed by atoms with Crippen molar-refractivity contribution in [3.63, 3.8) is 0 Å². The maximum Gasteiger partial charge on any atom is 0.172 e. The van der Waals surface area contributed by atoms with Crippen LogP contribution < -0.4 is 0 Å². The number of Topliss-reactive ketones (excluding diaryl/α,β-unsaturated/α-hetero) is 1. The summed E-state index contributed by atoms with van der Waals surface area (Å²) in [7, 11) is 0. The number of hydrogen-bond acceptors (Lipinski definition) is 6. The van der Waals surface area contributed by atoms with Crippen molar-refractivity contribution in [2.24, 2.45) is 28.6 Å². The molecule has 6 heteroatoms. The van der Waals surface area contributed by atoms with Crippen LogP contribution in [-0.4, -0.2) is 62.3 Å². The lowest BCUT2D eigenvalue weighted by atomic mass is 9.41. The van der Waals surface area contributed by atoms with Crippen LogP contribution in [0.4, 0.5) is 0 Å². The molecule has 6 unspecified atom stereocenters. The average Bonchev–Trinajstić information content (AvgIpc) is 2.60. The minimum atomic E-state index is -1.42. The fourth-order valence-corrected chi connectivity index (χ4v) is 7.30. The predicted molar refractivity (Wildman–Crippen MR) is 102 cm³/mol. The van der Waals surface area contributed by atoms with E-state index in [1.54, 1.807) is 6.92 Å². The van der Waals surface area contributed by atoms with Crippen molar-refractivity contribution in [2.45, 2.75) is 83.9 Å². The van der Waals surface area contributed by atoms with Crippen molar-refractivity contribution in [3.8, 4) is 0 Å². The van der Waals surface area contributed by atoms with Gasteiger partial charge in [0, 0.05) is 23.2 Å². The highest BCUT2D eigenvalue weighted by Crippen LogP contribution is 2.65. The summed E-state index contributed by atoms with van der Waals surface area (Å²) in [5.41, 5.74) is -3.55. The first kappa shape index (κ1) is 20.5. The van der Waals surface area contributed by atoms with Gasteiger partial charge in [-0.1, -0.05) is 34.6 Å². The number of ether oxygens (including phenoxy) is 1. The highest BCUT2D eigenvalue weighted by Gasteiger charge is 2.73. The molecule has 0 amide bonds. The summed E-state index contributed by atoms with van der Waals surface area (Å²) in [6.45, 7) is 11.2. The van der Waals surface area contributed by atoms with Crippen LogP contribution in [-0.2, 0) is 9.53 Å². The summed E-state index contributed by atoms with van der Waals surface area (Å²) >= 11 is 0. The first-order valence-corrected chi connectivity index (χ1v) is 10.4. The first-order chi connectivity index (χ1) is 12.7. The predicted octanol–water partition coefficient (Wildman–Crippen LogP) is 1.20. The van der Waals surface area contributed by atoms with Gasteiger partial charge in [-0.15, -0.1) is 0 Å². The van der Waals surface area contributed by atoms with E-state index in [4.69, 9.17) is 4.74 Å². The van der Waals surface area contributed by atoms with E-state index in [-0.39, 0.29) is 30.8 Å². The molecule has 0 aromatic rings. The Labute approximate surface area is 166 Å². The van der Waals surface area contributed by atoms with E-state index >= 15 is 0 Å². The first-order valence-electron chi connectivity index (χ1n) is 10.4. The van der Waals surface area contributed by atoms with E-state index in [1.807, 2.05) is 34.6 Å². The molecule has 28 heavy (non-hydrogen) atoms. The summed E-state index contributed by atoms with van der Waals surface area (Å²) in [6.07, 6.45) is -2.08. The van der Waals surface area contributed by atoms with Gasteiger partial charge in [-0.3, -0.25) is 4.79 Å². The number of aliphatic hydroxyl groups excluding tert-OH is 2. The van der Waals surface area contributed by atoms with E-state index in [9.17, 15) is 25.2 Å². The van der Waals surface area contributed by atoms with Crippen LogP contribution in [0.5, 0.6) is 0 Å². The zero-order valence-corrected chi connectivity index (χ0v) is 17.7. The van der Waals surface area contributed by atoms with Crippen molar-refractivity contribution in [3.05, 3.63) is 11.1 Å². The monoisotopic (exact) mass is 394 g/mol. The second-order valence-corrected chi connectivity index (χ2v) is 10.6. The smallest absolute Gasteiger partial charge is 0.172 e. The van der Waals surface area contributed by atoms with Crippen molar-refractivity contribution >= 4 is 5.78 Å². The highest BCUT2D eigenvalue weighted by atomic mass is 16.6. The van der Waals surface area contributed by atoms with Crippen molar-refractivity contribution in [1.29, 1.82) is 0 Å². The van der Waals surface area contributed by atoms with Gasteiger partial charge in [0.15, 0.2) is 5.78 Å². The molecule has 3 fully saturated rings. The molecule has 1 saturated heterocycles. The molecule has 158 valence electrons. The third-order valence-electron chi connectivity index (χ3n) is 9.34. The Hall–Kier alpha value is -0.790. The number of rotatable bonds is 0. The van der Waals surface area contributed by atoms with E-state index in [1.165, 1.54) is 0 Å². The molecular formula is C22H34O6. The topological polar surface area (TPSA) is 107 Å². The molecule has 0 aromatic carbocycles. The van der Waals surface area contributed by atoms with E-state index in [2.05, 4.69) is 0 Å². The number of hydrogen-bond donors (Lipinski definition) is 4. The fourth-order valence-electron chi connectivity index (χ4n) is 7.30. The van der Waals surface area contributed by atoms with Crippen LogP contribution in [0.2, 0.25) is 0 Å². The summed E-state index contributed by atoms with van der Waals surface area (Å²) in [4.78, 5) is 13.8. The van der Waals surface area contributed by atoms with Gasteiger partial charge in [0.1, 0.15) is 11.7 Å². The van der Waals surface area contributed by atoms with Gasteiger partial charge in [-0.05, 0) is 36.3 Å². The quantitative estimate of drug-likeness (QED) is 0.460. The molecule has 0 spiro atoms. The minimum Gasteiger partial charge on any atom is -0.389 e. The van der Waals surface area contributed by atoms with Gasteiger partial charge in [0.25, 0.3) is 0 Å². The minimum absolute atomic E-state index is 0.111. The number of fused-ring (bicyclic) bond motifs is 5. The molecule has 2 saturated carbocycles. The molecule has 2 bridgehead atoms. The van der Waals surface area contributed by atoms with Crippen LogP contribution in [0.3, 0.4) is 0 Å². The Bertz CT molecular complexity index is 758. The average molecular weight is 395 g/mol. The van der Waals surface area contributed by atoms with Gasteiger partial charge in [-0.25, -0.2) is 0 Å². The van der Waals surface area contributed by atoms with E-state index in [0.29, 0.717) is 17.6 Å². The Morgan fingerprint density at radius 2 is 1.71 bits per heavy atom. The number of aliphatic hydroxyl groups is 4. The largest absolute Gasteiger partial charge is 0.389 e. The summed E-state index contributed by atoms with van der Waals surface area (Å²) in [5, 5.41) is 45.5. The number of ketones is 1. The Morgan fingerprint density at radius 1 is 1.11 bits per heavy atom. The zero-order valence-electron chi connectivity index (χ0n) is 17.7. The second kappa shape index (κ2) is 5.67. The normalized spacial score (nSPS) is 55.6. The third kappa shape index (κ3) is 2.04. The summed E-state index contributed by atoms with van der Waals surface area (Å²) in [5.74, 6) is -1.51. The molecule has 4 aliphatic rings. The molecule has 4 N–H and O–H groups in total. The lowest BCUT2D eigenvalue weighted by molar-refractivity contribution is -0.329. The van der Waals surface area contributed by atoms with Crippen LogP contribution in [0, 0.1) is 28.6 Å². The SMILES string of the molecule is CC1=C2C(O)C(=O)[C@@]3(C)C([C@H](C)C(O)(CC1O)C2(C)C)C1(O)COC1C[C@@H]3C. The van der Waals surface area contributed by atoms with Crippen molar-refractivity contribution < 1.29 is 30.0 Å². The maximum absolute atomic E-state index is 13.8. The molecule has 9 atom stereocenters. The molecular weight excluding hydrogens is 360 g/mol. The van der Waals surface area contributed by atoms with Crippen molar-refractivity contribution in [2.75, 3.05) is 6.61 Å². The molecule has 1 aliphatic heterocycles. The van der Waals surface area contributed by atoms with Gasteiger partial charge in [0.2, 0.25) is 0 Å². The Balaban J connectivity index is 2.01. The third-order valence-corrected chi connectivity index (χ3v) is 9.34. The van der Waals surface area contributed by atoms with Gasteiger partial charge < -0.3 is 25.2 Å². The molecule has 1 heterocycles. The summed E-state index contributed by atoms with van der Waals surface area (Å²) in [6, 6.07) is 0. The molecule has 6 nitrogen and oxygen atoms in total. The Morgan fingerprint density at radius 3 is 2.25 bits per heavy atom. The van der Waals surface area contributed by atoms with Gasteiger partial charge in [-0.2, -0.15) is 0 Å². The van der Waals surface area contributed by atoms with Crippen LogP contribution in [0.15, 0.2) is 11.1 Å². The lowest BCUT2D eigenvalue weighted by Gasteiger charge is -2.67. The molecule has 4 rings (SSSR count). The van der Waals surface area contributed by atoms with Gasteiger partial charge >= 0.3 is 0 Å². The standard InChI is InChI=1S/C22H34O6/c1-10-7-14-21(26,9-28-14)17-12(3)22(27)8-13(23)11(2)15(19(22,4)5)16(24)18(25)20(10,17)6/h10,12-14,16-17,23-24,26-27H,7-9H2,1-6H3/t10-,12-,13?,14?,16?,17?,20+,21?,22?/m0/s1. The van der Waals surface area contributed by atoms with Crippen LogP contribution in [0.1, 0.15) is 54.4 Å². The Kier molecular flexibility index (Phi) is 4.15. The highest BCUT2D eigenvalue weighted by molar-refractivity contribution is 5.93. The molecule has 0 radical (unpaired) electrons. The van der Waals surface area contributed by atoms with Crippen LogP contribution >= 0.6 is 0 Å². The second-order valence-electron chi connectivity index (χ2n) is 10.6. The molecule has 3 aliphatic carbocycles.